The summed E-state index contributed by atoms with van der Waals surface area (Å²) < 4.78 is 27.6. The average molecular weight is 685 g/mol. The summed E-state index contributed by atoms with van der Waals surface area (Å²) in [5.41, 5.74) is 1.65. The van der Waals surface area contributed by atoms with Crippen LogP contribution in [0.3, 0.4) is 0 Å². The van der Waals surface area contributed by atoms with Crippen molar-refractivity contribution in [1.82, 2.24) is 30.7 Å². The van der Waals surface area contributed by atoms with E-state index in [2.05, 4.69) is 20.9 Å². The van der Waals surface area contributed by atoms with Crippen molar-refractivity contribution in [1.29, 1.82) is 0 Å². The van der Waals surface area contributed by atoms with E-state index in [1.807, 2.05) is 37.3 Å². The second kappa shape index (κ2) is 15.0. The molecule has 6 rings (SSSR count). The molecule has 260 valence electrons. The number of nitrogens with zero attached hydrogens (tertiary/aromatic N) is 3. The second-order valence-electron chi connectivity index (χ2n) is 13.9. The number of fused-ring (bicyclic) bond motifs is 5. The number of carbonyl (C=O) groups is 4. The SMILES string of the molecule is Cc1nc2sc1C(=O)N1CC[C@@H](CC(=O)NCc3ccccc3)[C@@H](CC(=O)N3CC[C@@H](NC4CCC(F)(F)CC4)C[C@H]3C(=O)NCC2)C1. The van der Waals surface area contributed by atoms with Crippen LogP contribution < -0.4 is 16.0 Å². The van der Waals surface area contributed by atoms with Crippen LogP contribution in [0.1, 0.15) is 83.7 Å². The predicted octanol–water partition coefficient (Wildman–Crippen LogP) is 3.83. The van der Waals surface area contributed by atoms with E-state index >= 15 is 0 Å². The van der Waals surface area contributed by atoms with Gasteiger partial charge >= 0.3 is 0 Å². The minimum Gasteiger partial charge on any atom is -0.354 e. The highest BCUT2D eigenvalue weighted by Gasteiger charge is 2.42. The van der Waals surface area contributed by atoms with E-state index in [4.69, 9.17) is 0 Å². The standard InChI is InChI=1S/C35H46F2N6O4S/c1-22-32-34(47)42-15-10-24(17-29(44)39-20-23-5-3-2-4-6-23)25(21-42)18-31(45)43-16-11-27(41-26-7-12-35(36,37)13-8-26)19-28(43)33(46)38-14-9-30(40-22)48-32/h2-6,24-28,41H,7-21H2,1H3,(H,38,46)(H,39,44)/t24-,25-,27+,28-/m0/s1. The number of thiazole rings is 1. The Labute approximate surface area is 284 Å². The number of nitrogens with one attached hydrogen (secondary N) is 3. The van der Waals surface area contributed by atoms with Crippen LogP contribution in [0.5, 0.6) is 0 Å². The van der Waals surface area contributed by atoms with E-state index in [0.717, 1.165) is 10.6 Å². The minimum absolute atomic E-state index is 0.0379. The van der Waals surface area contributed by atoms with Crippen molar-refractivity contribution in [3.05, 3.63) is 51.5 Å². The highest BCUT2D eigenvalue weighted by molar-refractivity contribution is 7.13. The third-order valence-corrected chi connectivity index (χ3v) is 11.7. The van der Waals surface area contributed by atoms with Gasteiger partial charge in [-0.15, -0.1) is 11.3 Å². The van der Waals surface area contributed by atoms with E-state index in [0.29, 0.717) is 81.8 Å². The molecule has 2 aromatic rings. The number of hydrogen-bond donors (Lipinski definition) is 3. The van der Waals surface area contributed by atoms with Crippen molar-refractivity contribution in [2.24, 2.45) is 11.8 Å². The van der Waals surface area contributed by atoms with Gasteiger partial charge in [0.2, 0.25) is 23.6 Å². The Morgan fingerprint density at radius 2 is 1.83 bits per heavy atom. The Balaban J connectivity index is 1.19. The minimum atomic E-state index is -2.62. The smallest absolute Gasteiger partial charge is 0.265 e. The molecule has 0 radical (unpaired) electrons. The maximum Gasteiger partial charge on any atom is 0.265 e. The van der Waals surface area contributed by atoms with Gasteiger partial charge in [0.05, 0.1) is 10.7 Å². The topological polar surface area (TPSA) is 124 Å². The average Bonchev–Trinajstić information content (AvgIpc) is 3.45. The molecule has 4 atom stereocenters. The molecule has 2 saturated heterocycles. The largest absolute Gasteiger partial charge is 0.354 e. The van der Waals surface area contributed by atoms with Crippen LogP contribution in [-0.4, -0.2) is 88.6 Å². The van der Waals surface area contributed by atoms with Crippen LogP contribution in [0.2, 0.25) is 0 Å². The van der Waals surface area contributed by atoms with Gasteiger partial charge in [0, 0.05) is 76.9 Å². The number of aryl methyl sites for hydroxylation is 1. The Hall–Kier alpha value is -3.45. The maximum absolute atomic E-state index is 14.1. The second-order valence-corrected chi connectivity index (χ2v) is 15.0. The number of piperidine rings is 2. The molecular formula is C35H46F2N6O4S. The Kier molecular flexibility index (Phi) is 10.7. The zero-order valence-corrected chi connectivity index (χ0v) is 28.3. The lowest BCUT2D eigenvalue weighted by Gasteiger charge is -2.43. The monoisotopic (exact) mass is 684 g/mol. The summed E-state index contributed by atoms with van der Waals surface area (Å²) in [6.07, 6.45) is 2.90. The van der Waals surface area contributed by atoms with Crippen LogP contribution in [0.25, 0.3) is 0 Å². The van der Waals surface area contributed by atoms with Gasteiger partial charge in [0.1, 0.15) is 10.9 Å². The van der Waals surface area contributed by atoms with E-state index in [1.54, 1.807) is 9.80 Å². The number of rotatable bonds is 6. The van der Waals surface area contributed by atoms with Gasteiger partial charge in [-0.05, 0) is 56.4 Å². The first-order valence-corrected chi connectivity index (χ1v) is 18.1. The first kappa shape index (κ1) is 34.4. The molecule has 3 aliphatic heterocycles. The molecular weight excluding hydrogens is 638 g/mol. The lowest BCUT2D eigenvalue weighted by molar-refractivity contribution is -0.144. The molecule has 1 saturated carbocycles. The summed E-state index contributed by atoms with van der Waals surface area (Å²) in [6.45, 7) is 3.75. The third kappa shape index (κ3) is 8.39. The van der Waals surface area contributed by atoms with Crippen molar-refractivity contribution >= 4 is 35.0 Å². The summed E-state index contributed by atoms with van der Waals surface area (Å²) in [6, 6.07) is 8.86. The summed E-state index contributed by atoms with van der Waals surface area (Å²) in [7, 11) is 0. The van der Waals surface area contributed by atoms with Crippen molar-refractivity contribution in [3.8, 4) is 0 Å². The van der Waals surface area contributed by atoms with Gasteiger partial charge in [-0.1, -0.05) is 30.3 Å². The van der Waals surface area contributed by atoms with Crippen molar-refractivity contribution < 1.29 is 28.0 Å². The molecule has 4 heterocycles. The van der Waals surface area contributed by atoms with Gasteiger partial charge < -0.3 is 25.8 Å². The molecule has 0 spiro atoms. The zero-order valence-electron chi connectivity index (χ0n) is 27.5. The molecule has 4 aliphatic rings. The van der Waals surface area contributed by atoms with E-state index in [9.17, 15) is 28.0 Å². The van der Waals surface area contributed by atoms with Crippen LogP contribution in [0.15, 0.2) is 30.3 Å². The number of hydrogen-bond acceptors (Lipinski definition) is 7. The molecule has 3 fully saturated rings. The Bertz CT molecular complexity index is 1480. The van der Waals surface area contributed by atoms with E-state index < -0.39 is 12.0 Å². The number of benzene rings is 1. The molecule has 13 heteroatoms. The van der Waals surface area contributed by atoms with Gasteiger partial charge in [-0.3, -0.25) is 19.2 Å². The summed E-state index contributed by atoms with van der Waals surface area (Å²) in [5.74, 6) is -3.60. The van der Waals surface area contributed by atoms with E-state index in [1.165, 1.54) is 11.3 Å². The summed E-state index contributed by atoms with van der Waals surface area (Å²) in [4.78, 5) is 63.3. The quantitative estimate of drug-likeness (QED) is 0.425. The number of alkyl halides is 2. The molecule has 0 unspecified atom stereocenters. The fourth-order valence-electron chi connectivity index (χ4n) is 7.73. The third-order valence-electron chi connectivity index (χ3n) is 10.5. The molecule has 1 aromatic heterocycles. The first-order valence-electron chi connectivity index (χ1n) is 17.3. The van der Waals surface area contributed by atoms with Crippen molar-refractivity contribution in [3.63, 3.8) is 0 Å². The molecule has 4 amide bonds. The first-order chi connectivity index (χ1) is 23.0. The maximum atomic E-state index is 14.1. The van der Waals surface area contributed by atoms with Gasteiger partial charge in [0.25, 0.3) is 5.91 Å². The lowest BCUT2D eigenvalue weighted by Crippen LogP contribution is -2.58. The van der Waals surface area contributed by atoms with Gasteiger partial charge in [-0.25, -0.2) is 13.8 Å². The zero-order chi connectivity index (χ0) is 33.8. The van der Waals surface area contributed by atoms with Gasteiger partial charge in [0.15, 0.2) is 0 Å². The molecule has 10 nitrogen and oxygen atoms in total. The molecule has 3 N–H and O–H groups in total. The fraction of sp³-hybridized carbons (Fsp3) is 0.629. The van der Waals surface area contributed by atoms with E-state index in [-0.39, 0.29) is 73.2 Å². The van der Waals surface area contributed by atoms with Crippen LogP contribution in [-0.2, 0) is 27.3 Å². The molecule has 1 aliphatic carbocycles. The number of carbonyl (C=O) groups excluding carboxylic acids is 4. The van der Waals surface area contributed by atoms with Crippen molar-refractivity contribution in [2.45, 2.75) is 102 Å². The summed E-state index contributed by atoms with van der Waals surface area (Å²) >= 11 is 1.35. The summed E-state index contributed by atoms with van der Waals surface area (Å²) in [5, 5.41) is 10.3. The Morgan fingerprint density at radius 1 is 1.06 bits per heavy atom. The normalized spacial score (nSPS) is 27.0. The highest BCUT2D eigenvalue weighted by atomic mass is 32.1. The number of amides is 4. The van der Waals surface area contributed by atoms with Crippen LogP contribution >= 0.6 is 11.3 Å². The predicted molar refractivity (Wildman–Crippen MR) is 177 cm³/mol. The molecule has 48 heavy (non-hydrogen) atoms. The molecule has 1 aromatic carbocycles. The number of aromatic nitrogens is 1. The van der Waals surface area contributed by atoms with Crippen molar-refractivity contribution in [2.75, 3.05) is 26.2 Å². The lowest BCUT2D eigenvalue weighted by atomic mass is 9.80. The fourth-order valence-corrected chi connectivity index (χ4v) is 8.76. The van der Waals surface area contributed by atoms with Crippen LogP contribution in [0.4, 0.5) is 8.78 Å². The Morgan fingerprint density at radius 3 is 2.60 bits per heavy atom. The number of halogens is 2. The molecule has 4 bridgehead atoms. The van der Waals surface area contributed by atoms with Crippen LogP contribution in [0, 0.1) is 18.8 Å². The highest BCUT2D eigenvalue weighted by Crippen LogP contribution is 2.35. The van der Waals surface area contributed by atoms with Gasteiger partial charge in [-0.2, -0.15) is 0 Å².